The van der Waals surface area contributed by atoms with Gasteiger partial charge in [0.25, 0.3) is 0 Å². The van der Waals surface area contributed by atoms with E-state index in [2.05, 4.69) is 133 Å². The smallest absolute Gasteiger partial charge is 0.187 e. The van der Waals surface area contributed by atoms with Gasteiger partial charge >= 0.3 is 0 Å². The molecule has 8 aromatic carbocycles. The molecule has 0 atom stereocenters. The van der Waals surface area contributed by atoms with E-state index in [0.717, 1.165) is 44.9 Å². The Morgan fingerprint density at radius 1 is 0.480 bits per heavy atom. The van der Waals surface area contributed by atoms with Crippen molar-refractivity contribution in [1.29, 1.82) is 5.26 Å². The monoisotopic (exact) mass is 642 g/mol. The third-order valence-corrected chi connectivity index (χ3v) is 9.83. The SMILES string of the molecule is [C-]#[N+]c1ccc(N(c2ccc(C)cc2)c2cc(C)c3ccc4c(N(c5ccc(C)cc5)c5ccc(C#N)cc5)cc(C)c5ccc2c3c54)cc1. The van der Waals surface area contributed by atoms with Gasteiger partial charge < -0.3 is 9.80 Å². The molecule has 0 aliphatic heterocycles. The van der Waals surface area contributed by atoms with Gasteiger partial charge in [0.1, 0.15) is 0 Å². The fraction of sp³-hybridized carbons (Fsp3) is 0.0870. The van der Waals surface area contributed by atoms with Gasteiger partial charge in [-0.3, -0.25) is 0 Å². The number of nitriles is 1. The summed E-state index contributed by atoms with van der Waals surface area (Å²) in [6.45, 7) is 16.1. The maximum atomic E-state index is 9.55. The van der Waals surface area contributed by atoms with E-state index in [1.54, 1.807) is 0 Å². The van der Waals surface area contributed by atoms with Gasteiger partial charge in [0, 0.05) is 33.5 Å². The van der Waals surface area contributed by atoms with Gasteiger partial charge in [-0.2, -0.15) is 5.26 Å². The molecular weight excluding hydrogens is 609 g/mol. The Morgan fingerprint density at radius 2 is 0.840 bits per heavy atom. The molecule has 8 aromatic rings. The van der Waals surface area contributed by atoms with E-state index in [1.165, 1.54) is 43.8 Å². The summed E-state index contributed by atoms with van der Waals surface area (Å²) >= 11 is 0. The van der Waals surface area contributed by atoms with Crippen molar-refractivity contribution in [3.8, 4) is 6.07 Å². The number of anilines is 6. The molecule has 8 rings (SSSR count). The molecule has 0 bridgehead atoms. The van der Waals surface area contributed by atoms with E-state index in [9.17, 15) is 5.26 Å². The van der Waals surface area contributed by atoms with Gasteiger partial charge in [0.15, 0.2) is 5.69 Å². The van der Waals surface area contributed by atoms with E-state index in [4.69, 9.17) is 6.57 Å². The second kappa shape index (κ2) is 12.1. The van der Waals surface area contributed by atoms with E-state index in [1.807, 2.05) is 48.5 Å². The molecule has 4 heteroatoms. The van der Waals surface area contributed by atoms with Crippen LogP contribution in [0, 0.1) is 45.6 Å². The van der Waals surface area contributed by atoms with Gasteiger partial charge in [-0.25, -0.2) is 4.85 Å². The molecule has 0 saturated carbocycles. The van der Waals surface area contributed by atoms with Crippen LogP contribution in [-0.2, 0) is 0 Å². The van der Waals surface area contributed by atoms with Crippen LogP contribution in [-0.4, -0.2) is 0 Å². The highest BCUT2D eigenvalue weighted by Gasteiger charge is 2.23. The Kier molecular flexibility index (Phi) is 7.44. The number of nitrogens with zero attached hydrogens (tertiary/aromatic N) is 4. The first kappa shape index (κ1) is 30.7. The highest BCUT2D eigenvalue weighted by atomic mass is 15.1. The van der Waals surface area contributed by atoms with Crippen molar-refractivity contribution in [3.05, 3.63) is 173 Å². The number of aryl methyl sites for hydroxylation is 4. The normalized spacial score (nSPS) is 11.2. The van der Waals surface area contributed by atoms with Crippen LogP contribution < -0.4 is 9.80 Å². The Hall–Kier alpha value is -6.62. The molecule has 0 fully saturated rings. The Bertz CT molecular complexity index is 2440. The van der Waals surface area contributed by atoms with Crippen molar-refractivity contribution in [2.24, 2.45) is 0 Å². The average molecular weight is 643 g/mol. The van der Waals surface area contributed by atoms with E-state index in [0.29, 0.717) is 11.3 Å². The van der Waals surface area contributed by atoms with E-state index >= 15 is 0 Å². The van der Waals surface area contributed by atoms with Gasteiger partial charge in [-0.15, -0.1) is 0 Å². The predicted octanol–water partition coefficient (Wildman–Crippen LogP) is 13.2. The second-order valence-corrected chi connectivity index (χ2v) is 13.1. The fourth-order valence-corrected chi connectivity index (χ4v) is 7.27. The largest absolute Gasteiger partial charge is 0.310 e. The first-order valence-electron chi connectivity index (χ1n) is 16.8. The summed E-state index contributed by atoms with van der Waals surface area (Å²) in [7, 11) is 0. The second-order valence-electron chi connectivity index (χ2n) is 13.1. The minimum atomic E-state index is 0.618. The van der Waals surface area contributed by atoms with Crippen molar-refractivity contribution in [1.82, 2.24) is 0 Å². The minimum Gasteiger partial charge on any atom is -0.310 e. The van der Waals surface area contributed by atoms with Crippen molar-refractivity contribution in [2.75, 3.05) is 9.80 Å². The van der Waals surface area contributed by atoms with E-state index in [-0.39, 0.29) is 0 Å². The standard InChI is InChI=1S/C46H34N4/c1-29-6-14-35(15-7-29)49(37-18-10-33(28-47)11-19-37)43-26-31(3)39-23-25-42-44(27-32(4)40-22-24-41(43)45(39)46(40)42)50(36-16-8-30(2)9-17-36)38-20-12-34(48-5)13-21-38/h6-27H,1-4H3. The van der Waals surface area contributed by atoms with Crippen molar-refractivity contribution in [2.45, 2.75) is 27.7 Å². The molecule has 0 spiro atoms. The zero-order valence-corrected chi connectivity index (χ0v) is 28.5. The predicted molar refractivity (Wildman–Crippen MR) is 209 cm³/mol. The van der Waals surface area contributed by atoms with Crippen molar-refractivity contribution in [3.63, 3.8) is 0 Å². The zero-order chi connectivity index (χ0) is 34.5. The lowest BCUT2D eigenvalue weighted by Gasteiger charge is -2.30. The Labute approximate surface area is 292 Å². The van der Waals surface area contributed by atoms with Gasteiger partial charge in [-0.1, -0.05) is 71.8 Å². The van der Waals surface area contributed by atoms with Crippen LogP contribution in [0.4, 0.5) is 39.8 Å². The molecule has 4 nitrogen and oxygen atoms in total. The molecule has 0 aliphatic carbocycles. The van der Waals surface area contributed by atoms with Crippen molar-refractivity contribution < 1.29 is 0 Å². The Morgan fingerprint density at radius 3 is 1.22 bits per heavy atom. The Balaban J connectivity index is 1.44. The molecule has 0 radical (unpaired) electrons. The summed E-state index contributed by atoms with van der Waals surface area (Å²) in [5.74, 6) is 0. The van der Waals surface area contributed by atoms with Crippen LogP contribution in [0.5, 0.6) is 0 Å². The molecule has 0 heterocycles. The van der Waals surface area contributed by atoms with Crippen LogP contribution in [0.3, 0.4) is 0 Å². The summed E-state index contributed by atoms with van der Waals surface area (Å²) in [4.78, 5) is 8.27. The van der Waals surface area contributed by atoms with Crippen LogP contribution in [0.25, 0.3) is 37.2 Å². The quantitative estimate of drug-likeness (QED) is 0.134. The van der Waals surface area contributed by atoms with Crippen LogP contribution in [0.2, 0.25) is 0 Å². The van der Waals surface area contributed by atoms with Crippen LogP contribution >= 0.6 is 0 Å². The van der Waals surface area contributed by atoms with Crippen LogP contribution in [0.1, 0.15) is 27.8 Å². The number of hydrogen-bond donors (Lipinski definition) is 0. The molecule has 0 amide bonds. The van der Waals surface area contributed by atoms with Gasteiger partial charge in [0.2, 0.25) is 0 Å². The van der Waals surface area contributed by atoms with Gasteiger partial charge in [0.05, 0.1) is 29.6 Å². The van der Waals surface area contributed by atoms with Crippen molar-refractivity contribution >= 4 is 72.1 Å². The lowest BCUT2D eigenvalue weighted by molar-refractivity contribution is 1.28. The molecule has 0 unspecified atom stereocenters. The first-order valence-corrected chi connectivity index (χ1v) is 16.8. The third-order valence-electron chi connectivity index (χ3n) is 9.83. The summed E-state index contributed by atoms with van der Waals surface area (Å²) in [6, 6.07) is 49.0. The number of benzene rings is 8. The fourth-order valence-electron chi connectivity index (χ4n) is 7.27. The molecule has 0 aliphatic rings. The summed E-state index contributed by atoms with van der Waals surface area (Å²) < 4.78 is 0. The highest BCUT2D eigenvalue weighted by molar-refractivity contribution is 6.29. The molecule has 50 heavy (non-hydrogen) atoms. The molecule has 0 N–H and O–H groups in total. The molecule has 0 saturated heterocycles. The summed E-state index contributed by atoms with van der Waals surface area (Å²) in [6.07, 6.45) is 0. The third kappa shape index (κ3) is 5.07. The number of rotatable bonds is 6. The first-order chi connectivity index (χ1) is 24.3. The maximum Gasteiger partial charge on any atom is 0.187 e. The highest BCUT2D eigenvalue weighted by Crippen LogP contribution is 2.49. The lowest BCUT2D eigenvalue weighted by Crippen LogP contribution is -2.12. The summed E-state index contributed by atoms with van der Waals surface area (Å²) in [5.41, 5.74) is 12.3. The molecule has 0 aromatic heterocycles. The van der Waals surface area contributed by atoms with E-state index < -0.39 is 0 Å². The average Bonchev–Trinajstić information content (AvgIpc) is 3.15. The molecular formula is C46H34N4. The summed E-state index contributed by atoms with van der Waals surface area (Å²) in [5, 5.41) is 16.8. The topological polar surface area (TPSA) is 34.6 Å². The van der Waals surface area contributed by atoms with Crippen LogP contribution in [0.15, 0.2) is 133 Å². The lowest BCUT2D eigenvalue weighted by atomic mass is 9.88. The maximum absolute atomic E-state index is 9.55. The minimum absolute atomic E-state index is 0.618. The zero-order valence-electron chi connectivity index (χ0n) is 28.5. The van der Waals surface area contributed by atoms with Gasteiger partial charge in [-0.05, 0) is 133 Å². The molecule has 238 valence electrons. The number of hydrogen-bond acceptors (Lipinski definition) is 3.